The van der Waals surface area contributed by atoms with Crippen LogP contribution in [0.5, 0.6) is 0 Å². The third-order valence-electron chi connectivity index (χ3n) is 3.48. The molecule has 0 atom stereocenters. The van der Waals surface area contributed by atoms with Gasteiger partial charge in [0.1, 0.15) is 0 Å². The first-order valence-corrected chi connectivity index (χ1v) is 10.6. The molecular formula is C17H27ClO4Si. The van der Waals surface area contributed by atoms with Gasteiger partial charge in [-0.25, -0.2) is 0 Å². The van der Waals surface area contributed by atoms with Crippen LogP contribution in [-0.2, 0) is 19.7 Å². The zero-order chi connectivity index (χ0) is 17.3. The van der Waals surface area contributed by atoms with Crippen molar-refractivity contribution in [2.24, 2.45) is 0 Å². The number of carbonyl (C=O) groups is 1. The van der Waals surface area contributed by atoms with Crippen molar-refractivity contribution < 1.29 is 18.1 Å². The van der Waals surface area contributed by atoms with Crippen LogP contribution in [-0.4, -0.2) is 34.4 Å². The molecule has 0 saturated carbocycles. The first-order valence-electron chi connectivity index (χ1n) is 8.25. The van der Waals surface area contributed by atoms with Gasteiger partial charge in [-0.05, 0) is 51.0 Å². The van der Waals surface area contributed by atoms with E-state index in [2.05, 4.69) is 0 Å². The molecule has 6 heteroatoms. The predicted octanol–water partition coefficient (Wildman–Crippen LogP) is 4.52. The van der Waals surface area contributed by atoms with Gasteiger partial charge in [-0.3, -0.25) is 4.79 Å². The fourth-order valence-electron chi connectivity index (χ4n) is 2.52. The highest BCUT2D eigenvalue weighted by Gasteiger charge is 2.40. The van der Waals surface area contributed by atoms with Crippen LogP contribution in [0.2, 0.25) is 11.1 Å². The van der Waals surface area contributed by atoms with Crippen LogP contribution in [0.4, 0.5) is 0 Å². The second-order valence-corrected chi connectivity index (χ2v) is 8.23. The van der Waals surface area contributed by atoms with E-state index in [9.17, 15) is 4.79 Å². The highest BCUT2D eigenvalue weighted by atomic mass is 35.5. The third kappa shape index (κ3) is 6.01. The van der Waals surface area contributed by atoms with Crippen LogP contribution < -0.4 is 0 Å². The Bertz CT molecular complexity index is 490. The molecule has 0 aliphatic heterocycles. The number of halogens is 1. The minimum absolute atomic E-state index is 0.119. The molecule has 0 bridgehead atoms. The second kappa shape index (κ2) is 10.2. The van der Waals surface area contributed by atoms with E-state index in [1.807, 2.05) is 33.8 Å². The molecule has 0 saturated heterocycles. The number of ketones is 1. The summed E-state index contributed by atoms with van der Waals surface area (Å²) in [6, 6.07) is 6.04. The molecule has 23 heavy (non-hydrogen) atoms. The average Bonchev–Trinajstić information content (AvgIpc) is 2.53. The van der Waals surface area contributed by atoms with Gasteiger partial charge < -0.3 is 13.3 Å². The number of rotatable bonds is 11. The van der Waals surface area contributed by atoms with Gasteiger partial charge in [0.05, 0.1) is 0 Å². The van der Waals surface area contributed by atoms with Gasteiger partial charge in [-0.1, -0.05) is 18.5 Å². The highest BCUT2D eigenvalue weighted by molar-refractivity contribution is 6.60. The molecule has 1 rings (SSSR count). The van der Waals surface area contributed by atoms with Crippen molar-refractivity contribution in [1.29, 1.82) is 0 Å². The maximum Gasteiger partial charge on any atom is 0.501 e. The molecule has 130 valence electrons. The molecule has 0 heterocycles. The molecule has 0 N–H and O–H groups in total. The fourth-order valence-corrected chi connectivity index (χ4v) is 5.29. The predicted molar refractivity (Wildman–Crippen MR) is 95.2 cm³/mol. The number of Topliss-reactive ketones (excluding diaryl/α,β-unsaturated/α-hetero) is 1. The van der Waals surface area contributed by atoms with Crippen molar-refractivity contribution in [2.75, 3.05) is 19.8 Å². The largest absolute Gasteiger partial charge is 0.501 e. The Hall–Kier alpha value is -0.723. The zero-order valence-electron chi connectivity index (χ0n) is 14.5. The monoisotopic (exact) mass is 358 g/mol. The SMILES string of the molecule is CCO[Si](CCc1cc(Cl)ccc1C(=O)CC)(OCC)OCC. The van der Waals surface area contributed by atoms with Crippen LogP contribution in [0, 0.1) is 0 Å². The van der Waals surface area contributed by atoms with E-state index < -0.39 is 8.80 Å². The Morgan fingerprint density at radius 2 is 1.61 bits per heavy atom. The molecule has 0 spiro atoms. The Morgan fingerprint density at radius 3 is 2.09 bits per heavy atom. The highest BCUT2D eigenvalue weighted by Crippen LogP contribution is 2.24. The molecule has 1 aromatic rings. The van der Waals surface area contributed by atoms with Crippen molar-refractivity contribution >= 4 is 26.2 Å². The van der Waals surface area contributed by atoms with E-state index in [4.69, 9.17) is 24.9 Å². The van der Waals surface area contributed by atoms with E-state index in [-0.39, 0.29) is 5.78 Å². The topological polar surface area (TPSA) is 44.8 Å². The lowest BCUT2D eigenvalue weighted by atomic mass is 10.0. The lowest BCUT2D eigenvalue weighted by Crippen LogP contribution is -2.46. The van der Waals surface area contributed by atoms with E-state index in [1.54, 1.807) is 12.1 Å². The quantitative estimate of drug-likeness (QED) is 0.431. The lowest BCUT2D eigenvalue weighted by Gasteiger charge is -2.28. The molecule has 0 aliphatic rings. The van der Waals surface area contributed by atoms with Crippen molar-refractivity contribution in [3.63, 3.8) is 0 Å². The van der Waals surface area contributed by atoms with Crippen LogP contribution >= 0.6 is 11.6 Å². The average molecular weight is 359 g/mol. The van der Waals surface area contributed by atoms with Gasteiger partial charge in [0.2, 0.25) is 0 Å². The van der Waals surface area contributed by atoms with E-state index >= 15 is 0 Å². The number of aryl methyl sites for hydroxylation is 1. The van der Waals surface area contributed by atoms with E-state index in [0.29, 0.717) is 43.7 Å². The summed E-state index contributed by atoms with van der Waals surface area (Å²) >= 11 is 6.10. The van der Waals surface area contributed by atoms with Gasteiger partial charge in [-0.15, -0.1) is 0 Å². The van der Waals surface area contributed by atoms with Crippen LogP contribution in [0.25, 0.3) is 0 Å². The first-order chi connectivity index (χ1) is 11.0. The molecule has 0 aliphatic carbocycles. The normalized spacial score (nSPS) is 11.7. The van der Waals surface area contributed by atoms with Gasteiger partial charge in [-0.2, -0.15) is 0 Å². The number of benzene rings is 1. The summed E-state index contributed by atoms with van der Waals surface area (Å²) in [5.74, 6) is 0.119. The molecule has 0 radical (unpaired) electrons. The van der Waals surface area contributed by atoms with Gasteiger partial charge in [0.15, 0.2) is 5.78 Å². The first kappa shape index (κ1) is 20.3. The molecule has 0 aromatic heterocycles. The standard InChI is InChI=1S/C17H27ClO4Si/c1-5-17(19)16-10-9-15(18)13-14(16)11-12-23(20-6-2,21-7-3)22-8-4/h9-10,13H,5-8,11-12H2,1-4H3. The Kier molecular flexibility index (Phi) is 9.02. The maximum absolute atomic E-state index is 12.1. The molecule has 0 fully saturated rings. The Balaban J connectivity index is 3.00. The van der Waals surface area contributed by atoms with Gasteiger partial charge in [0.25, 0.3) is 0 Å². The second-order valence-electron chi connectivity index (χ2n) is 5.06. The Labute approximate surface area is 145 Å². The zero-order valence-corrected chi connectivity index (χ0v) is 16.2. The van der Waals surface area contributed by atoms with Crippen molar-refractivity contribution in [2.45, 2.75) is 46.6 Å². The molecule has 1 aromatic carbocycles. The molecule has 4 nitrogen and oxygen atoms in total. The summed E-state index contributed by atoms with van der Waals surface area (Å²) in [5.41, 5.74) is 1.66. The molecule has 0 amide bonds. The summed E-state index contributed by atoms with van der Waals surface area (Å²) in [6.45, 7) is 9.30. The fraction of sp³-hybridized carbons (Fsp3) is 0.588. The van der Waals surface area contributed by atoms with Gasteiger partial charge in [0, 0.05) is 42.9 Å². The van der Waals surface area contributed by atoms with Crippen LogP contribution in [0.1, 0.15) is 50.0 Å². The third-order valence-corrected chi connectivity index (χ3v) is 6.77. The molecule has 0 unspecified atom stereocenters. The summed E-state index contributed by atoms with van der Waals surface area (Å²) < 4.78 is 17.6. The van der Waals surface area contributed by atoms with E-state index in [1.165, 1.54) is 0 Å². The smallest absolute Gasteiger partial charge is 0.374 e. The minimum Gasteiger partial charge on any atom is -0.374 e. The van der Waals surface area contributed by atoms with Crippen molar-refractivity contribution in [3.05, 3.63) is 34.3 Å². The Morgan fingerprint density at radius 1 is 1.04 bits per heavy atom. The lowest BCUT2D eigenvalue weighted by molar-refractivity contribution is 0.0713. The van der Waals surface area contributed by atoms with Crippen molar-refractivity contribution in [1.82, 2.24) is 0 Å². The maximum atomic E-state index is 12.1. The van der Waals surface area contributed by atoms with Crippen LogP contribution in [0.15, 0.2) is 18.2 Å². The molecular weight excluding hydrogens is 332 g/mol. The number of hydrogen-bond donors (Lipinski definition) is 0. The number of hydrogen-bond acceptors (Lipinski definition) is 4. The number of carbonyl (C=O) groups excluding carboxylic acids is 1. The summed E-state index contributed by atoms with van der Waals surface area (Å²) in [4.78, 5) is 12.1. The van der Waals surface area contributed by atoms with Crippen molar-refractivity contribution in [3.8, 4) is 0 Å². The summed E-state index contributed by atoms with van der Waals surface area (Å²) in [6.07, 6.45) is 1.12. The minimum atomic E-state index is -2.72. The summed E-state index contributed by atoms with van der Waals surface area (Å²) in [5, 5.41) is 0.629. The van der Waals surface area contributed by atoms with E-state index in [0.717, 1.165) is 11.1 Å². The van der Waals surface area contributed by atoms with Gasteiger partial charge >= 0.3 is 8.80 Å². The summed E-state index contributed by atoms with van der Waals surface area (Å²) in [7, 11) is -2.72. The van der Waals surface area contributed by atoms with Crippen LogP contribution in [0.3, 0.4) is 0 Å².